The monoisotopic (exact) mass is 347 g/mol. The number of anilines is 1. The molecule has 0 radical (unpaired) electrons. The van der Waals surface area contributed by atoms with E-state index >= 15 is 0 Å². The molecule has 1 aliphatic rings. The van der Waals surface area contributed by atoms with E-state index in [0.717, 1.165) is 22.4 Å². The number of carbonyl (C=O) groups is 1. The quantitative estimate of drug-likeness (QED) is 0.765. The lowest BCUT2D eigenvalue weighted by Crippen LogP contribution is -2.18. The number of carbonyl (C=O) groups excluding carboxylic acids is 1. The lowest BCUT2D eigenvalue weighted by molar-refractivity contribution is -0.117. The summed E-state index contributed by atoms with van der Waals surface area (Å²) in [4.78, 5) is 12.7. The van der Waals surface area contributed by atoms with E-state index in [1.54, 1.807) is 0 Å². The predicted molar refractivity (Wildman–Crippen MR) is 96.4 cm³/mol. The molecule has 2 aromatic rings. The van der Waals surface area contributed by atoms with Crippen molar-refractivity contribution in [1.82, 2.24) is 0 Å². The summed E-state index contributed by atoms with van der Waals surface area (Å²) < 4.78 is -1.04. The van der Waals surface area contributed by atoms with Crippen LogP contribution in [0.4, 0.5) is 5.69 Å². The molecular weight excluding hydrogens is 329 g/mol. The average Bonchev–Trinajstić information content (AvgIpc) is 3.06. The number of benzene rings is 2. The van der Waals surface area contributed by atoms with Crippen LogP contribution < -0.4 is 5.32 Å². The number of halogens is 2. The maximum atomic E-state index is 12.7. The Kier molecular flexibility index (Phi) is 4.16. The number of aryl methyl sites for hydroxylation is 3. The molecule has 2 atom stereocenters. The number of hydrogen-bond donors (Lipinski definition) is 1. The summed E-state index contributed by atoms with van der Waals surface area (Å²) in [5, 5.41) is 3.02. The highest BCUT2D eigenvalue weighted by atomic mass is 35.5. The molecule has 0 spiro atoms. The summed E-state index contributed by atoms with van der Waals surface area (Å²) >= 11 is 12.8. The van der Waals surface area contributed by atoms with Gasteiger partial charge in [-0.25, -0.2) is 0 Å². The van der Waals surface area contributed by atoms with Gasteiger partial charge in [-0.1, -0.05) is 48.0 Å². The van der Waals surface area contributed by atoms with E-state index < -0.39 is 10.3 Å². The Labute approximate surface area is 146 Å². The summed E-state index contributed by atoms with van der Waals surface area (Å²) in [5.74, 6) is -0.731. The minimum atomic E-state index is -1.04. The molecule has 2 aromatic carbocycles. The maximum Gasteiger partial charge on any atom is 0.231 e. The average molecular weight is 348 g/mol. The van der Waals surface area contributed by atoms with E-state index in [1.807, 2.05) is 51.1 Å². The molecule has 0 bridgehead atoms. The maximum absolute atomic E-state index is 12.7. The number of rotatable bonds is 3. The van der Waals surface area contributed by atoms with Gasteiger partial charge in [-0.3, -0.25) is 4.79 Å². The predicted octanol–water partition coefficient (Wildman–Crippen LogP) is 5.14. The minimum absolute atomic E-state index is 0.126. The van der Waals surface area contributed by atoms with Gasteiger partial charge >= 0.3 is 0 Å². The number of nitrogens with one attached hydrogen (secondary N) is 1. The zero-order valence-corrected chi connectivity index (χ0v) is 14.9. The normalized spacial score (nSPS) is 21.8. The summed E-state index contributed by atoms with van der Waals surface area (Å²) in [7, 11) is 0. The Balaban J connectivity index is 1.82. The Morgan fingerprint density at radius 3 is 2.17 bits per heavy atom. The van der Waals surface area contributed by atoms with E-state index in [9.17, 15) is 4.79 Å². The molecule has 4 heteroatoms. The van der Waals surface area contributed by atoms with Gasteiger partial charge in [0, 0.05) is 11.6 Å². The van der Waals surface area contributed by atoms with Gasteiger partial charge in [-0.2, -0.15) is 0 Å². The first-order chi connectivity index (χ1) is 10.8. The molecule has 23 heavy (non-hydrogen) atoms. The van der Waals surface area contributed by atoms with Crippen LogP contribution in [0.3, 0.4) is 0 Å². The fraction of sp³-hybridized carbons (Fsp3) is 0.316. The molecule has 1 fully saturated rings. The van der Waals surface area contributed by atoms with Gasteiger partial charge < -0.3 is 5.32 Å². The van der Waals surface area contributed by atoms with E-state index in [2.05, 4.69) is 17.4 Å². The zero-order valence-electron chi connectivity index (χ0n) is 13.4. The van der Waals surface area contributed by atoms with Gasteiger partial charge in [0.15, 0.2) is 0 Å². The van der Waals surface area contributed by atoms with Crippen LogP contribution in [0.2, 0.25) is 0 Å². The van der Waals surface area contributed by atoms with Crippen LogP contribution in [0, 0.1) is 26.7 Å². The van der Waals surface area contributed by atoms with Crippen LogP contribution >= 0.6 is 23.2 Å². The van der Waals surface area contributed by atoms with Crippen LogP contribution in [0.5, 0.6) is 0 Å². The van der Waals surface area contributed by atoms with E-state index in [4.69, 9.17) is 23.2 Å². The first kappa shape index (κ1) is 16.4. The fourth-order valence-corrected chi connectivity index (χ4v) is 4.13. The summed E-state index contributed by atoms with van der Waals surface area (Å²) in [6.45, 7) is 6.03. The van der Waals surface area contributed by atoms with Crippen LogP contribution in [0.15, 0.2) is 42.5 Å². The molecule has 1 aliphatic carbocycles. The van der Waals surface area contributed by atoms with Crippen molar-refractivity contribution < 1.29 is 4.79 Å². The fourth-order valence-electron chi connectivity index (χ4n) is 3.31. The molecule has 3 rings (SSSR count). The highest BCUT2D eigenvalue weighted by molar-refractivity contribution is 6.53. The lowest BCUT2D eigenvalue weighted by atomic mass is 10.0. The summed E-state index contributed by atoms with van der Waals surface area (Å²) in [5.41, 5.74) is 5.11. The van der Waals surface area contributed by atoms with Gasteiger partial charge in [0.25, 0.3) is 0 Å². The smallest absolute Gasteiger partial charge is 0.231 e. The Morgan fingerprint density at radius 2 is 1.61 bits per heavy atom. The number of amides is 1. The molecule has 0 aromatic heterocycles. The third-order valence-electron chi connectivity index (χ3n) is 4.42. The van der Waals surface area contributed by atoms with Gasteiger partial charge in [-0.05, 0) is 37.5 Å². The van der Waals surface area contributed by atoms with E-state index in [0.29, 0.717) is 0 Å². The molecule has 120 valence electrons. The van der Waals surface area contributed by atoms with Crippen molar-refractivity contribution >= 4 is 34.8 Å². The van der Waals surface area contributed by atoms with Crippen molar-refractivity contribution in [3.05, 3.63) is 64.7 Å². The molecule has 0 unspecified atom stereocenters. The van der Waals surface area contributed by atoms with Crippen LogP contribution in [0.1, 0.15) is 28.2 Å². The van der Waals surface area contributed by atoms with Crippen molar-refractivity contribution in [2.24, 2.45) is 5.92 Å². The van der Waals surface area contributed by atoms with Gasteiger partial charge in [-0.15, -0.1) is 23.2 Å². The highest BCUT2D eigenvalue weighted by Gasteiger charge is 2.67. The van der Waals surface area contributed by atoms with Crippen molar-refractivity contribution in [3.8, 4) is 0 Å². The van der Waals surface area contributed by atoms with Crippen molar-refractivity contribution in [2.75, 3.05) is 5.32 Å². The first-order valence-corrected chi connectivity index (χ1v) is 8.39. The Hall–Kier alpha value is -1.51. The molecule has 0 aliphatic heterocycles. The summed E-state index contributed by atoms with van der Waals surface area (Å²) in [6.07, 6.45) is 0. The van der Waals surface area contributed by atoms with Crippen molar-refractivity contribution in [1.29, 1.82) is 0 Å². The van der Waals surface area contributed by atoms with Gasteiger partial charge in [0.1, 0.15) is 4.33 Å². The standard InChI is InChI=1S/C19H19Cl2NO/c1-11-9-12(2)17(13(3)10-11)22-18(23)16-15(19(16,20)21)14-7-5-4-6-8-14/h4-10,15-16H,1-3H3,(H,22,23)/t15-,16+/m0/s1. The van der Waals surface area contributed by atoms with Crippen molar-refractivity contribution in [2.45, 2.75) is 31.0 Å². The molecule has 1 N–H and O–H groups in total. The van der Waals surface area contributed by atoms with Crippen LogP contribution in [0.25, 0.3) is 0 Å². The largest absolute Gasteiger partial charge is 0.325 e. The topological polar surface area (TPSA) is 29.1 Å². The van der Waals surface area contributed by atoms with Crippen molar-refractivity contribution in [3.63, 3.8) is 0 Å². The van der Waals surface area contributed by atoms with Gasteiger partial charge in [0.05, 0.1) is 5.92 Å². The Morgan fingerprint density at radius 1 is 1.04 bits per heavy atom. The second kappa shape index (κ2) is 5.85. The second-order valence-electron chi connectivity index (χ2n) is 6.30. The SMILES string of the molecule is Cc1cc(C)c(NC(=O)[C@H]2[C@H](c3ccccc3)C2(Cl)Cl)c(C)c1. The van der Waals surface area contributed by atoms with Gasteiger partial charge in [0.2, 0.25) is 5.91 Å². The third kappa shape index (κ3) is 2.98. The molecular formula is C19H19Cl2NO. The van der Waals surface area contributed by atoms with Crippen LogP contribution in [-0.2, 0) is 4.79 Å². The molecule has 0 saturated heterocycles. The first-order valence-electron chi connectivity index (χ1n) is 7.64. The van der Waals surface area contributed by atoms with E-state index in [-0.39, 0.29) is 11.8 Å². The molecule has 1 saturated carbocycles. The van der Waals surface area contributed by atoms with E-state index in [1.165, 1.54) is 5.56 Å². The van der Waals surface area contributed by atoms with Crippen LogP contribution in [-0.4, -0.2) is 10.2 Å². The number of hydrogen-bond acceptors (Lipinski definition) is 1. The third-order valence-corrected chi connectivity index (χ3v) is 5.36. The summed E-state index contributed by atoms with van der Waals surface area (Å²) in [6, 6.07) is 13.8. The Bertz CT molecular complexity index is 732. The zero-order chi connectivity index (χ0) is 16.8. The second-order valence-corrected chi connectivity index (χ2v) is 7.75. The number of alkyl halides is 2. The lowest BCUT2D eigenvalue weighted by Gasteiger charge is -2.13. The molecule has 1 amide bonds. The highest BCUT2D eigenvalue weighted by Crippen LogP contribution is 2.65. The molecule has 0 heterocycles. The molecule has 2 nitrogen and oxygen atoms in total. The minimum Gasteiger partial charge on any atom is -0.325 e.